The molecule has 0 radical (unpaired) electrons. The number of hydrogen-bond donors (Lipinski definition) is 2. The number of ether oxygens (including phenoxy) is 1. The van der Waals surface area contributed by atoms with Crippen LogP contribution in [0, 0.1) is 5.41 Å². The van der Waals surface area contributed by atoms with E-state index in [1.54, 1.807) is 11.8 Å². The van der Waals surface area contributed by atoms with E-state index in [-0.39, 0.29) is 35.2 Å². The molecule has 0 aliphatic carbocycles. The number of carbonyl (C=O) groups is 1. The van der Waals surface area contributed by atoms with Crippen molar-refractivity contribution in [3.8, 4) is 5.75 Å². The Hall–Kier alpha value is -2.29. The molecule has 27 heavy (non-hydrogen) atoms. The molecule has 1 amide bonds. The zero-order valence-electron chi connectivity index (χ0n) is 15.3. The fourth-order valence-electron chi connectivity index (χ4n) is 3.89. The van der Waals surface area contributed by atoms with Crippen molar-refractivity contribution in [1.29, 1.82) is 0 Å². The SMILES string of the molecule is CC1C(=O)NN=C2COc3cc(C(F)(F)F)c([C@H](C)C4(C)CNC4)cc3N21. The number of alkyl halides is 3. The molecule has 3 heterocycles. The van der Waals surface area contributed by atoms with E-state index in [4.69, 9.17) is 4.74 Å². The molecule has 1 unspecified atom stereocenters. The molecule has 146 valence electrons. The van der Waals surface area contributed by atoms with Gasteiger partial charge in [0.1, 0.15) is 18.4 Å². The molecule has 6 nitrogen and oxygen atoms in total. The van der Waals surface area contributed by atoms with Crippen molar-refractivity contribution in [2.45, 2.75) is 38.9 Å². The Morgan fingerprint density at radius 3 is 2.67 bits per heavy atom. The summed E-state index contributed by atoms with van der Waals surface area (Å²) in [6.07, 6.45) is -4.49. The number of nitrogens with one attached hydrogen (secondary N) is 2. The van der Waals surface area contributed by atoms with Crippen molar-refractivity contribution in [3.05, 3.63) is 23.3 Å². The van der Waals surface area contributed by atoms with Gasteiger partial charge in [0.2, 0.25) is 0 Å². The highest BCUT2D eigenvalue weighted by atomic mass is 19.4. The van der Waals surface area contributed by atoms with Gasteiger partial charge in [0.05, 0.1) is 11.3 Å². The predicted molar refractivity (Wildman–Crippen MR) is 93.8 cm³/mol. The Labute approximate surface area is 154 Å². The van der Waals surface area contributed by atoms with Crippen LogP contribution in [0.5, 0.6) is 5.75 Å². The first-order valence-electron chi connectivity index (χ1n) is 8.86. The standard InChI is InChI=1S/C18H21F3N4O2/c1-9(17(3)7-22-8-17)11-4-13-14(5-12(11)18(19,20)21)27-6-15-23-24-16(26)10(2)25(13)15/h4-5,9-10,22H,6-8H2,1-3H3,(H,24,26)/t9-,10?/m0/s1. The molecular formula is C18H21F3N4O2. The Morgan fingerprint density at radius 1 is 1.37 bits per heavy atom. The summed E-state index contributed by atoms with van der Waals surface area (Å²) in [6.45, 7) is 6.82. The zero-order chi connectivity index (χ0) is 19.6. The van der Waals surface area contributed by atoms with Gasteiger partial charge in [-0.1, -0.05) is 13.8 Å². The highest BCUT2D eigenvalue weighted by Gasteiger charge is 2.45. The monoisotopic (exact) mass is 382 g/mol. The Kier molecular flexibility index (Phi) is 3.92. The van der Waals surface area contributed by atoms with Crippen molar-refractivity contribution in [2.24, 2.45) is 10.5 Å². The van der Waals surface area contributed by atoms with Crippen LogP contribution in [0.15, 0.2) is 17.2 Å². The van der Waals surface area contributed by atoms with E-state index in [0.29, 0.717) is 24.6 Å². The van der Waals surface area contributed by atoms with Gasteiger partial charge in [0.25, 0.3) is 5.91 Å². The molecule has 1 saturated heterocycles. The van der Waals surface area contributed by atoms with Crippen LogP contribution in [0.3, 0.4) is 0 Å². The number of amides is 1. The molecule has 2 atom stereocenters. The van der Waals surface area contributed by atoms with Gasteiger partial charge in [0.15, 0.2) is 5.84 Å². The highest BCUT2D eigenvalue weighted by molar-refractivity contribution is 6.09. The predicted octanol–water partition coefficient (Wildman–Crippen LogP) is 2.45. The summed E-state index contributed by atoms with van der Waals surface area (Å²) in [5.41, 5.74) is 2.14. The quantitative estimate of drug-likeness (QED) is 0.825. The summed E-state index contributed by atoms with van der Waals surface area (Å²) in [4.78, 5) is 13.7. The van der Waals surface area contributed by atoms with E-state index >= 15 is 0 Å². The lowest BCUT2D eigenvalue weighted by molar-refractivity contribution is -0.138. The van der Waals surface area contributed by atoms with Gasteiger partial charge in [-0.25, -0.2) is 5.43 Å². The minimum absolute atomic E-state index is 0.00541. The first-order chi connectivity index (χ1) is 12.6. The van der Waals surface area contributed by atoms with Gasteiger partial charge in [-0.05, 0) is 36.0 Å². The smallest absolute Gasteiger partial charge is 0.416 e. The van der Waals surface area contributed by atoms with E-state index in [2.05, 4.69) is 15.8 Å². The maximum atomic E-state index is 13.8. The summed E-state index contributed by atoms with van der Waals surface area (Å²) >= 11 is 0. The summed E-state index contributed by atoms with van der Waals surface area (Å²) in [5, 5.41) is 7.13. The molecule has 1 fully saturated rings. The van der Waals surface area contributed by atoms with Crippen LogP contribution >= 0.6 is 0 Å². The number of anilines is 1. The molecular weight excluding hydrogens is 361 g/mol. The summed E-state index contributed by atoms with van der Waals surface area (Å²) < 4.78 is 46.9. The number of amidine groups is 1. The van der Waals surface area contributed by atoms with Crippen LogP contribution in [0.4, 0.5) is 18.9 Å². The van der Waals surface area contributed by atoms with E-state index in [1.165, 1.54) is 6.07 Å². The molecule has 0 bridgehead atoms. The molecule has 4 rings (SSSR count). The number of nitrogens with zero attached hydrogens (tertiary/aromatic N) is 2. The Balaban J connectivity index is 1.87. The van der Waals surface area contributed by atoms with Crippen molar-refractivity contribution in [3.63, 3.8) is 0 Å². The maximum absolute atomic E-state index is 13.8. The summed E-state index contributed by atoms with van der Waals surface area (Å²) in [5.74, 6) is -0.0340. The molecule has 1 aromatic rings. The van der Waals surface area contributed by atoms with Crippen LogP contribution in [0.2, 0.25) is 0 Å². The van der Waals surface area contributed by atoms with Gasteiger partial charge in [-0.2, -0.15) is 18.3 Å². The normalized spacial score (nSPS) is 24.7. The minimum Gasteiger partial charge on any atom is -0.483 e. The minimum atomic E-state index is -4.49. The molecule has 2 N–H and O–H groups in total. The van der Waals surface area contributed by atoms with Crippen LogP contribution in [-0.4, -0.2) is 37.5 Å². The van der Waals surface area contributed by atoms with E-state index in [9.17, 15) is 18.0 Å². The molecule has 3 aliphatic heterocycles. The van der Waals surface area contributed by atoms with E-state index in [1.807, 2.05) is 13.8 Å². The fraction of sp³-hybridized carbons (Fsp3) is 0.556. The van der Waals surface area contributed by atoms with Crippen LogP contribution < -0.4 is 20.4 Å². The molecule has 9 heteroatoms. The van der Waals surface area contributed by atoms with E-state index in [0.717, 1.165) is 6.07 Å². The topological polar surface area (TPSA) is 66.0 Å². The summed E-state index contributed by atoms with van der Waals surface area (Å²) in [6, 6.07) is 2.00. The van der Waals surface area contributed by atoms with Gasteiger partial charge < -0.3 is 15.0 Å². The molecule has 0 spiro atoms. The van der Waals surface area contributed by atoms with Gasteiger partial charge >= 0.3 is 6.18 Å². The fourth-order valence-corrected chi connectivity index (χ4v) is 3.89. The Morgan fingerprint density at radius 2 is 2.07 bits per heavy atom. The van der Waals surface area contributed by atoms with Crippen LogP contribution in [0.25, 0.3) is 0 Å². The molecule has 3 aliphatic rings. The lowest BCUT2D eigenvalue weighted by atomic mass is 9.69. The second-order valence-electron chi connectivity index (χ2n) is 7.72. The highest BCUT2D eigenvalue weighted by Crippen LogP contribution is 2.48. The third-order valence-corrected chi connectivity index (χ3v) is 5.96. The van der Waals surface area contributed by atoms with Crippen molar-refractivity contribution in [1.82, 2.24) is 10.7 Å². The van der Waals surface area contributed by atoms with E-state index < -0.39 is 17.8 Å². The largest absolute Gasteiger partial charge is 0.483 e. The third kappa shape index (κ3) is 2.75. The average molecular weight is 382 g/mol. The van der Waals surface area contributed by atoms with Crippen molar-refractivity contribution in [2.75, 3.05) is 24.6 Å². The van der Waals surface area contributed by atoms with Crippen LogP contribution in [-0.2, 0) is 11.0 Å². The molecule has 0 saturated carbocycles. The first-order valence-corrected chi connectivity index (χ1v) is 8.86. The number of fused-ring (bicyclic) bond motifs is 3. The van der Waals surface area contributed by atoms with Crippen LogP contribution in [0.1, 0.15) is 37.8 Å². The number of carbonyl (C=O) groups excluding carboxylic acids is 1. The molecule has 1 aromatic carbocycles. The first kappa shape index (κ1) is 18.1. The molecule has 0 aromatic heterocycles. The lowest BCUT2D eigenvalue weighted by Gasteiger charge is -2.46. The maximum Gasteiger partial charge on any atom is 0.416 e. The number of hydrogen-bond acceptors (Lipinski definition) is 5. The number of hydrazone groups is 1. The second-order valence-corrected chi connectivity index (χ2v) is 7.72. The lowest BCUT2D eigenvalue weighted by Crippen LogP contribution is -2.56. The van der Waals surface area contributed by atoms with Gasteiger partial charge in [0, 0.05) is 13.1 Å². The second kappa shape index (κ2) is 5.85. The zero-order valence-corrected chi connectivity index (χ0v) is 15.3. The number of benzene rings is 1. The van der Waals surface area contributed by atoms with Crippen molar-refractivity contribution >= 4 is 17.4 Å². The van der Waals surface area contributed by atoms with Crippen molar-refractivity contribution < 1.29 is 22.7 Å². The third-order valence-electron chi connectivity index (χ3n) is 5.96. The van der Waals surface area contributed by atoms with Gasteiger partial charge in [-0.3, -0.25) is 4.79 Å². The Bertz CT molecular complexity index is 833. The average Bonchev–Trinajstić information content (AvgIpc) is 2.59. The number of rotatable bonds is 2. The van der Waals surface area contributed by atoms with Gasteiger partial charge in [-0.15, -0.1) is 0 Å². The number of halogens is 3. The summed E-state index contributed by atoms with van der Waals surface area (Å²) in [7, 11) is 0.